The fourth-order valence-electron chi connectivity index (χ4n) is 2.71. The lowest BCUT2D eigenvalue weighted by Crippen LogP contribution is -2.37. The SMILES string of the molecule is COc1ccc(Br)c(C2C(N)CCCCN2C)c1. The molecule has 100 valence electrons. The maximum Gasteiger partial charge on any atom is 0.119 e. The Bertz CT molecular complexity index is 399. The average molecular weight is 313 g/mol. The molecule has 1 aromatic carbocycles. The first-order chi connectivity index (χ1) is 8.63. The Kier molecular flexibility index (Phi) is 4.65. The van der Waals surface area contributed by atoms with Crippen LogP contribution in [-0.4, -0.2) is 31.6 Å². The van der Waals surface area contributed by atoms with E-state index in [0.29, 0.717) is 0 Å². The van der Waals surface area contributed by atoms with Crippen molar-refractivity contribution in [3.8, 4) is 5.75 Å². The van der Waals surface area contributed by atoms with Crippen LogP contribution in [0.15, 0.2) is 22.7 Å². The maximum atomic E-state index is 6.36. The molecule has 1 aliphatic heterocycles. The molecular weight excluding hydrogens is 292 g/mol. The molecule has 0 saturated carbocycles. The Balaban J connectivity index is 2.37. The van der Waals surface area contributed by atoms with E-state index in [1.165, 1.54) is 18.4 Å². The van der Waals surface area contributed by atoms with E-state index in [2.05, 4.69) is 33.9 Å². The van der Waals surface area contributed by atoms with Gasteiger partial charge >= 0.3 is 0 Å². The van der Waals surface area contributed by atoms with E-state index in [-0.39, 0.29) is 12.1 Å². The Hall–Kier alpha value is -0.580. The summed E-state index contributed by atoms with van der Waals surface area (Å²) in [6.07, 6.45) is 3.52. The lowest BCUT2D eigenvalue weighted by Gasteiger charge is -2.31. The summed E-state index contributed by atoms with van der Waals surface area (Å²) in [6, 6.07) is 6.55. The van der Waals surface area contributed by atoms with E-state index in [9.17, 15) is 0 Å². The second-order valence-corrected chi connectivity index (χ2v) is 5.83. The minimum atomic E-state index is 0.181. The Morgan fingerprint density at radius 2 is 2.17 bits per heavy atom. The van der Waals surface area contributed by atoms with Crippen molar-refractivity contribution in [1.82, 2.24) is 4.90 Å². The molecule has 1 saturated heterocycles. The molecule has 1 heterocycles. The van der Waals surface area contributed by atoms with Crippen LogP contribution in [0.3, 0.4) is 0 Å². The minimum absolute atomic E-state index is 0.181. The summed E-state index contributed by atoms with van der Waals surface area (Å²) in [6.45, 7) is 1.10. The smallest absolute Gasteiger partial charge is 0.119 e. The fraction of sp³-hybridized carbons (Fsp3) is 0.571. The summed E-state index contributed by atoms with van der Waals surface area (Å²) < 4.78 is 6.43. The Morgan fingerprint density at radius 3 is 2.89 bits per heavy atom. The number of rotatable bonds is 2. The summed E-state index contributed by atoms with van der Waals surface area (Å²) in [5, 5.41) is 0. The van der Waals surface area contributed by atoms with Gasteiger partial charge in [0, 0.05) is 10.5 Å². The lowest BCUT2D eigenvalue weighted by atomic mass is 9.96. The molecule has 1 aromatic rings. The van der Waals surface area contributed by atoms with Gasteiger partial charge in [-0.1, -0.05) is 22.4 Å². The predicted molar refractivity (Wildman–Crippen MR) is 77.9 cm³/mol. The maximum absolute atomic E-state index is 6.36. The van der Waals surface area contributed by atoms with Gasteiger partial charge in [0.25, 0.3) is 0 Å². The number of benzene rings is 1. The second kappa shape index (κ2) is 6.04. The van der Waals surface area contributed by atoms with Crippen LogP contribution >= 0.6 is 15.9 Å². The Labute approximate surface area is 117 Å². The molecule has 0 spiro atoms. The highest BCUT2D eigenvalue weighted by Crippen LogP contribution is 2.34. The van der Waals surface area contributed by atoms with E-state index in [0.717, 1.165) is 23.2 Å². The van der Waals surface area contributed by atoms with Gasteiger partial charge in [0.2, 0.25) is 0 Å². The highest BCUT2D eigenvalue weighted by atomic mass is 79.9. The fourth-order valence-corrected chi connectivity index (χ4v) is 3.19. The number of halogens is 1. The Morgan fingerprint density at radius 1 is 1.39 bits per heavy atom. The van der Waals surface area contributed by atoms with Gasteiger partial charge in [0.05, 0.1) is 13.2 Å². The topological polar surface area (TPSA) is 38.5 Å². The summed E-state index contributed by atoms with van der Waals surface area (Å²) in [7, 11) is 3.85. The van der Waals surface area contributed by atoms with Gasteiger partial charge in [-0.3, -0.25) is 4.90 Å². The van der Waals surface area contributed by atoms with Crippen molar-refractivity contribution >= 4 is 15.9 Å². The van der Waals surface area contributed by atoms with Crippen LogP contribution in [-0.2, 0) is 0 Å². The second-order valence-electron chi connectivity index (χ2n) is 4.97. The molecule has 4 heteroatoms. The number of likely N-dealkylation sites (N-methyl/N-ethyl adjacent to an activating group) is 1. The molecule has 0 aromatic heterocycles. The van der Waals surface area contributed by atoms with Crippen LogP contribution in [0, 0.1) is 0 Å². The summed E-state index contributed by atoms with van der Waals surface area (Å²) in [5.74, 6) is 0.887. The van der Waals surface area contributed by atoms with E-state index in [1.807, 2.05) is 12.1 Å². The molecule has 2 atom stereocenters. The first-order valence-corrected chi connectivity index (χ1v) is 7.22. The van der Waals surface area contributed by atoms with Gasteiger partial charge in [-0.25, -0.2) is 0 Å². The molecule has 0 bridgehead atoms. The molecule has 2 rings (SSSR count). The molecule has 18 heavy (non-hydrogen) atoms. The van der Waals surface area contributed by atoms with Crippen LogP contribution in [0.4, 0.5) is 0 Å². The van der Waals surface area contributed by atoms with E-state index >= 15 is 0 Å². The van der Waals surface area contributed by atoms with Crippen LogP contribution in [0.2, 0.25) is 0 Å². The third-order valence-corrected chi connectivity index (χ3v) is 4.42. The molecule has 2 unspecified atom stereocenters. The number of likely N-dealkylation sites (tertiary alicyclic amines) is 1. The minimum Gasteiger partial charge on any atom is -0.497 e. The van der Waals surface area contributed by atoms with Crippen molar-refractivity contribution in [3.63, 3.8) is 0 Å². The normalized spacial score (nSPS) is 25.8. The van der Waals surface area contributed by atoms with Crippen LogP contribution in [0.1, 0.15) is 30.9 Å². The third kappa shape index (κ3) is 2.87. The molecule has 0 amide bonds. The standard InChI is InChI=1S/C14H21BrN2O/c1-17-8-4-3-5-13(16)14(17)11-9-10(18-2)6-7-12(11)15/h6-7,9,13-14H,3-5,8,16H2,1-2H3. The van der Waals surface area contributed by atoms with Crippen molar-refractivity contribution in [3.05, 3.63) is 28.2 Å². The van der Waals surface area contributed by atoms with Crippen LogP contribution in [0.5, 0.6) is 5.75 Å². The molecule has 1 aliphatic rings. The van der Waals surface area contributed by atoms with Crippen molar-refractivity contribution in [2.24, 2.45) is 5.73 Å². The highest BCUT2D eigenvalue weighted by molar-refractivity contribution is 9.10. The number of methoxy groups -OCH3 is 1. The van der Waals surface area contributed by atoms with Crippen molar-refractivity contribution < 1.29 is 4.74 Å². The van der Waals surface area contributed by atoms with Gasteiger partial charge in [-0.2, -0.15) is 0 Å². The monoisotopic (exact) mass is 312 g/mol. The molecule has 0 radical (unpaired) electrons. The van der Waals surface area contributed by atoms with Crippen molar-refractivity contribution in [2.75, 3.05) is 20.7 Å². The van der Waals surface area contributed by atoms with Gasteiger partial charge in [-0.15, -0.1) is 0 Å². The largest absolute Gasteiger partial charge is 0.497 e. The molecule has 0 aliphatic carbocycles. The first-order valence-electron chi connectivity index (χ1n) is 6.42. The van der Waals surface area contributed by atoms with Crippen LogP contribution < -0.4 is 10.5 Å². The quantitative estimate of drug-likeness (QED) is 0.912. The van der Waals surface area contributed by atoms with Gasteiger partial charge in [-0.05, 0) is 50.2 Å². The number of nitrogens with zero attached hydrogens (tertiary/aromatic N) is 1. The zero-order valence-corrected chi connectivity index (χ0v) is 12.6. The molecule has 3 nitrogen and oxygen atoms in total. The van der Waals surface area contributed by atoms with Gasteiger partial charge in [0.15, 0.2) is 0 Å². The van der Waals surface area contributed by atoms with E-state index in [4.69, 9.17) is 10.5 Å². The summed E-state index contributed by atoms with van der Waals surface area (Å²) >= 11 is 3.64. The first kappa shape index (κ1) is 13.8. The third-order valence-electron chi connectivity index (χ3n) is 3.70. The lowest BCUT2D eigenvalue weighted by molar-refractivity contribution is 0.229. The zero-order chi connectivity index (χ0) is 13.1. The van der Waals surface area contributed by atoms with Crippen molar-refractivity contribution in [2.45, 2.75) is 31.3 Å². The highest BCUT2D eigenvalue weighted by Gasteiger charge is 2.28. The predicted octanol–water partition coefficient (Wildman–Crippen LogP) is 2.94. The molecule has 1 fully saturated rings. The van der Waals surface area contributed by atoms with Gasteiger partial charge in [0.1, 0.15) is 5.75 Å². The molecular formula is C14H21BrN2O. The molecule has 2 N–H and O–H groups in total. The zero-order valence-electron chi connectivity index (χ0n) is 11.0. The summed E-state index contributed by atoms with van der Waals surface area (Å²) in [5.41, 5.74) is 7.59. The average Bonchev–Trinajstić information content (AvgIpc) is 2.52. The number of ether oxygens (including phenoxy) is 1. The van der Waals surface area contributed by atoms with E-state index < -0.39 is 0 Å². The van der Waals surface area contributed by atoms with Crippen molar-refractivity contribution in [1.29, 1.82) is 0 Å². The van der Waals surface area contributed by atoms with Gasteiger partial charge < -0.3 is 10.5 Å². The number of hydrogen-bond acceptors (Lipinski definition) is 3. The number of hydrogen-bond donors (Lipinski definition) is 1. The van der Waals surface area contributed by atoms with Crippen LogP contribution in [0.25, 0.3) is 0 Å². The summed E-state index contributed by atoms with van der Waals surface area (Å²) in [4.78, 5) is 2.36. The number of nitrogens with two attached hydrogens (primary N) is 1. The van der Waals surface area contributed by atoms with E-state index in [1.54, 1.807) is 7.11 Å².